The number of nitrogens with two attached hydrogens (primary N) is 1. The molecule has 13 heteroatoms. The lowest BCUT2D eigenvalue weighted by atomic mass is 10.3. The Morgan fingerprint density at radius 1 is 1.17 bits per heavy atom. The minimum atomic E-state index is -4.22. The monoisotopic (exact) mass is 444 g/mol. The summed E-state index contributed by atoms with van der Waals surface area (Å²) in [5.74, 6) is 0.358. The number of sulfonamides is 1. The lowest BCUT2D eigenvalue weighted by molar-refractivity contribution is 0.256. The molecule has 1 heterocycles. The minimum Gasteiger partial charge on any atom is -0.491 e. The minimum absolute atomic E-state index is 0.0103. The van der Waals surface area contributed by atoms with Crippen molar-refractivity contribution in [2.24, 2.45) is 5.73 Å². The molecule has 158 valence electrons. The van der Waals surface area contributed by atoms with Crippen LogP contribution in [0.4, 0.5) is 10.7 Å². The highest BCUT2D eigenvalue weighted by atomic mass is 35.5. The molecule has 2 rings (SSSR count). The molecule has 0 spiro atoms. The number of aromatic nitrogens is 3. The van der Waals surface area contributed by atoms with Gasteiger partial charge in [-0.3, -0.25) is 5.32 Å². The zero-order chi connectivity index (χ0) is 21.3. The molecule has 2 amide bonds. The third-order valence-electron chi connectivity index (χ3n) is 3.23. The van der Waals surface area contributed by atoms with E-state index in [-0.39, 0.29) is 40.9 Å². The average molecular weight is 445 g/mol. The van der Waals surface area contributed by atoms with Crippen molar-refractivity contribution in [1.29, 1.82) is 0 Å². The van der Waals surface area contributed by atoms with E-state index >= 15 is 0 Å². The van der Waals surface area contributed by atoms with Crippen molar-refractivity contribution >= 4 is 33.6 Å². The molecule has 4 N–H and O–H groups in total. The Morgan fingerprint density at radius 2 is 1.93 bits per heavy atom. The van der Waals surface area contributed by atoms with Gasteiger partial charge in [0.1, 0.15) is 23.1 Å². The van der Waals surface area contributed by atoms with E-state index in [9.17, 15) is 13.2 Å². The molecule has 29 heavy (non-hydrogen) atoms. The molecule has 0 bridgehead atoms. The van der Waals surface area contributed by atoms with E-state index in [0.717, 1.165) is 0 Å². The summed E-state index contributed by atoms with van der Waals surface area (Å²) in [6.45, 7) is 2.41. The molecule has 2 aromatic rings. The van der Waals surface area contributed by atoms with Crippen molar-refractivity contribution < 1.29 is 22.7 Å². The number of alkyl halides is 1. The third-order valence-corrected chi connectivity index (χ3v) is 4.76. The zero-order valence-electron chi connectivity index (χ0n) is 15.6. The number of carbonyl (C=O) groups is 1. The van der Waals surface area contributed by atoms with E-state index in [2.05, 4.69) is 20.3 Å². The van der Waals surface area contributed by atoms with Gasteiger partial charge < -0.3 is 15.2 Å². The summed E-state index contributed by atoms with van der Waals surface area (Å²) >= 11 is 5.57. The number of hydrogen-bond acceptors (Lipinski definition) is 9. The molecular weight excluding hydrogens is 424 g/mol. The predicted octanol–water partition coefficient (Wildman–Crippen LogP) is 1.04. The number of urea groups is 1. The van der Waals surface area contributed by atoms with Crippen LogP contribution in [0.25, 0.3) is 0 Å². The third kappa shape index (κ3) is 7.00. The standard InChI is InChI=1S/C16H21ClN6O5S/c1-11-19-14(22-16(20-11)28-9-4-8-18)21-15(24)23-29(25,26)13-6-3-2-5-12(13)27-10-7-17/h2-3,5-6H,4,7-10,18H2,1H3,(H2,19,20,21,22,23,24). The van der Waals surface area contributed by atoms with Crippen LogP contribution in [0, 0.1) is 6.92 Å². The Hall–Kier alpha value is -2.70. The number of para-hydroxylation sites is 1. The van der Waals surface area contributed by atoms with Crippen molar-refractivity contribution in [3.8, 4) is 11.8 Å². The lowest BCUT2D eigenvalue weighted by Gasteiger charge is -2.12. The summed E-state index contributed by atoms with van der Waals surface area (Å²) in [6.07, 6.45) is 0.595. The van der Waals surface area contributed by atoms with Crippen LogP contribution in [0.3, 0.4) is 0 Å². The van der Waals surface area contributed by atoms with Crippen molar-refractivity contribution in [3.63, 3.8) is 0 Å². The molecule has 0 saturated carbocycles. The predicted molar refractivity (Wildman–Crippen MR) is 106 cm³/mol. The first kappa shape index (κ1) is 22.6. The first-order valence-electron chi connectivity index (χ1n) is 8.53. The number of hydrogen-bond donors (Lipinski definition) is 3. The number of rotatable bonds is 10. The molecule has 0 unspecified atom stereocenters. The van der Waals surface area contributed by atoms with Gasteiger partial charge in [-0.05, 0) is 32.0 Å². The van der Waals surface area contributed by atoms with E-state index in [1.165, 1.54) is 18.2 Å². The molecule has 0 saturated heterocycles. The number of carbonyl (C=O) groups excluding carboxylic acids is 1. The van der Waals surface area contributed by atoms with E-state index in [4.69, 9.17) is 26.8 Å². The summed E-state index contributed by atoms with van der Waals surface area (Å²) in [6, 6.07) is 4.79. The van der Waals surface area contributed by atoms with Crippen LogP contribution < -0.4 is 25.2 Å². The Bertz CT molecular complexity index is 943. The highest BCUT2D eigenvalue weighted by molar-refractivity contribution is 7.90. The summed E-state index contributed by atoms with van der Waals surface area (Å²) < 4.78 is 37.6. The van der Waals surface area contributed by atoms with E-state index < -0.39 is 16.1 Å². The number of amides is 2. The van der Waals surface area contributed by atoms with E-state index in [1.807, 2.05) is 4.72 Å². The summed E-state index contributed by atoms with van der Waals surface area (Å²) in [4.78, 5) is 23.8. The van der Waals surface area contributed by atoms with Crippen molar-refractivity contribution in [2.45, 2.75) is 18.2 Å². The second-order valence-corrected chi connectivity index (χ2v) is 7.55. The van der Waals surface area contributed by atoms with Crippen LogP contribution in [0.1, 0.15) is 12.2 Å². The van der Waals surface area contributed by atoms with Crippen LogP contribution in [-0.2, 0) is 10.0 Å². The normalized spacial score (nSPS) is 11.0. The fourth-order valence-corrected chi connectivity index (χ4v) is 3.20. The summed E-state index contributed by atoms with van der Waals surface area (Å²) in [5, 5.41) is 2.24. The smallest absolute Gasteiger partial charge is 0.335 e. The summed E-state index contributed by atoms with van der Waals surface area (Å²) in [5.41, 5.74) is 5.39. The Kier molecular flexibility index (Phi) is 8.36. The van der Waals surface area contributed by atoms with Crippen molar-refractivity contribution in [1.82, 2.24) is 19.7 Å². The van der Waals surface area contributed by atoms with Crippen LogP contribution in [0.2, 0.25) is 0 Å². The second kappa shape index (κ2) is 10.7. The van der Waals surface area contributed by atoms with E-state index in [1.54, 1.807) is 13.0 Å². The van der Waals surface area contributed by atoms with Crippen LogP contribution >= 0.6 is 11.6 Å². The fourth-order valence-electron chi connectivity index (χ4n) is 2.07. The van der Waals surface area contributed by atoms with Crippen molar-refractivity contribution in [3.05, 3.63) is 30.1 Å². The molecular formula is C16H21ClN6O5S. The van der Waals surface area contributed by atoms with Crippen molar-refractivity contribution in [2.75, 3.05) is 31.0 Å². The first-order chi connectivity index (χ1) is 13.9. The molecule has 0 atom stereocenters. The molecule has 1 aromatic heterocycles. The second-order valence-electron chi connectivity index (χ2n) is 5.52. The van der Waals surface area contributed by atoms with Gasteiger partial charge in [0.25, 0.3) is 10.0 Å². The molecule has 0 aliphatic carbocycles. The van der Waals surface area contributed by atoms with Gasteiger partial charge in [-0.25, -0.2) is 17.9 Å². The number of anilines is 1. The zero-order valence-corrected chi connectivity index (χ0v) is 17.2. The molecule has 11 nitrogen and oxygen atoms in total. The molecule has 0 fully saturated rings. The number of aryl methyl sites for hydroxylation is 1. The SMILES string of the molecule is Cc1nc(NC(=O)NS(=O)(=O)c2ccccc2OCCCl)nc(OCCCN)n1. The Labute approximate surface area is 173 Å². The number of nitrogens with zero attached hydrogens (tertiary/aromatic N) is 3. The van der Waals surface area contributed by atoms with Crippen LogP contribution in [0.5, 0.6) is 11.8 Å². The number of ether oxygens (including phenoxy) is 2. The van der Waals surface area contributed by atoms with Gasteiger partial charge in [0.15, 0.2) is 0 Å². The van der Waals surface area contributed by atoms with Crippen LogP contribution in [-0.4, -0.2) is 55.0 Å². The highest BCUT2D eigenvalue weighted by Crippen LogP contribution is 2.23. The van der Waals surface area contributed by atoms with Gasteiger partial charge in [0.05, 0.1) is 12.5 Å². The maximum absolute atomic E-state index is 12.6. The molecule has 1 aromatic carbocycles. The fraction of sp³-hybridized carbons (Fsp3) is 0.375. The van der Waals surface area contributed by atoms with E-state index in [0.29, 0.717) is 19.6 Å². The van der Waals surface area contributed by atoms with Gasteiger partial charge in [-0.2, -0.15) is 15.0 Å². The average Bonchev–Trinajstić information content (AvgIpc) is 2.66. The van der Waals surface area contributed by atoms with Gasteiger partial charge in [0, 0.05) is 0 Å². The number of halogens is 1. The topological polar surface area (TPSA) is 158 Å². The summed E-state index contributed by atoms with van der Waals surface area (Å²) in [7, 11) is -4.22. The Morgan fingerprint density at radius 3 is 2.66 bits per heavy atom. The quantitative estimate of drug-likeness (QED) is 0.359. The number of nitrogens with one attached hydrogen (secondary N) is 2. The molecule has 0 aliphatic rings. The largest absolute Gasteiger partial charge is 0.491 e. The molecule has 0 radical (unpaired) electrons. The maximum atomic E-state index is 12.6. The lowest BCUT2D eigenvalue weighted by Crippen LogP contribution is -2.35. The molecule has 0 aliphatic heterocycles. The maximum Gasteiger partial charge on any atom is 0.335 e. The first-order valence-corrected chi connectivity index (χ1v) is 10.5. The Balaban J connectivity index is 2.10. The van der Waals surface area contributed by atoms with Gasteiger partial charge in [-0.15, -0.1) is 11.6 Å². The van der Waals surface area contributed by atoms with Gasteiger partial charge >= 0.3 is 12.0 Å². The van der Waals surface area contributed by atoms with Gasteiger partial charge in [0.2, 0.25) is 5.95 Å². The highest BCUT2D eigenvalue weighted by Gasteiger charge is 2.22. The van der Waals surface area contributed by atoms with Crippen LogP contribution in [0.15, 0.2) is 29.2 Å². The number of benzene rings is 1. The van der Waals surface area contributed by atoms with Gasteiger partial charge in [-0.1, -0.05) is 12.1 Å².